The maximum atomic E-state index is 13.2. The molecule has 3 aromatic rings. The fourth-order valence-electron chi connectivity index (χ4n) is 2.65. The average molecular weight is 427 g/mol. The van der Waals surface area contributed by atoms with Gasteiger partial charge in [-0.15, -0.1) is 10.2 Å². The lowest BCUT2D eigenvalue weighted by Crippen LogP contribution is -2.33. The van der Waals surface area contributed by atoms with Crippen LogP contribution in [0.4, 0.5) is 4.39 Å². The lowest BCUT2D eigenvalue weighted by molar-refractivity contribution is -0.119. The molecule has 5 nitrogen and oxygen atoms in total. The van der Waals surface area contributed by atoms with Gasteiger partial charge in [0, 0.05) is 6.20 Å². The summed E-state index contributed by atoms with van der Waals surface area (Å²) in [5.41, 5.74) is 1.34. The van der Waals surface area contributed by atoms with Crippen molar-refractivity contribution in [2.45, 2.75) is 25.0 Å². The van der Waals surface area contributed by atoms with Crippen molar-refractivity contribution in [1.82, 2.24) is 19.9 Å². The minimum atomic E-state index is -0.306. The Bertz CT molecular complexity index is 962. The van der Waals surface area contributed by atoms with Gasteiger partial charge in [-0.25, -0.2) is 4.39 Å². The van der Waals surface area contributed by atoms with E-state index < -0.39 is 0 Å². The van der Waals surface area contributed by atoms with Gasteiger partial charge in [0.05, 0.1) is 21.8 Å². The van der Waals surface area contributed by atoms with E-state index in [0.29, 0.717) is 20.8 Å². The third-order valence-electron chi connectivity index (χ3n) is 3.94. The lowest BCUT2D eigenvalue weighted by atomic mass is 9.96. The van der Waals surface area contributed by atoms with Gasteiger partial charge in [0.25, 0.3) is 0 Å². The zero-order chi connectivity index (χ0) is 19.6. The predicted octanol–water partition coefficient (Wildman–Crippen LogP) is 4.78. The second-order valence-electron chi connectivity index (χ2n) is 6.31. The van der Waals surface area contributed by atoms with Crippen LogP contribution in [0.5, 0.6) is 0 Å². The Balaban J connectivity index is 1.69. The van der Waals surface area contributed by atoms with Crippen molar-refractivity contribution in [2.75, 3.05) is 5.75 Å². The summed E-state index contributed by atoms with van der Waals surface area (Å²) in [5, 5.41) is 12.4. The van der Waals surface area contributed by atoms with E-state index in [0.717, 1.165) is 5.56 Å². The maximum Gasteiger partial charge on any atom is 0.230 e. The molecule has 2 aromatic heterocycles. The topological polar surface area (TPSA) is 59.3 Å². The van der Waals surface area contributed by atoms with Gasteiger partial charge in [0.2, 0.25) is 5.91 Å². The number of amides is 1. The Hall–Kier alpha value is -1.83. The summed E-state index contributed by atoms with van der Waals surface area (Å²) in [5.74, 6) is -0.169. The number of aromatic nitrogens is 3. The van der Waals surface area contributed by atoms with Crippen molar-refractivity contribution in [3.05, 3.63) is 58.0 Å². The molecule has 3 rings (SSSR count). The SMILES string of the molecule is CC(C)C(NC(=O)CSc1nnc2c(Cl)cc(Cl)cn12)c1ccc(F)cc1. The van der Waals surface area contributed by atoms with Crippen molar-refractivity contribution >= 4 is 46.5 Å². The summed E-state index contributed by atoms with van der Waals surface area (Å²) in [6, 6.07) is 7.53. The number of pyridine rings is 1. The quantitative estimate of drug-likeness (QED) is 0.576. The summed E-state index contributed by atoms with van der Waals surface area (Å²) in [6.07, 6.45) is 1.65. The first-order valence-corrected chi connectivity index (χ1v) is 9.96. The minimum absolute atomic E-state index is 0.148. The first-order valence-electron chi connectivity index (χ1n) is 8.22. The number of hydrogen-bond acceptors (Lipinski definition) is 4. The molecular formula is C18H17Cl2FN4OS. The summed E-state index contributed by atoms with van der Waals surface area (Å²) in [6.45, 7) is 3.99. The van der Waals surface area contributed by atoms with Crippen molar-refractivity contribution in [3.8, 4) is 0 Å². The van der Waals surface area contributed by atoms with Gasteiger partial charge in [-0.3, -0.25) is 9.20 Å². The molecule has 0 aliphatic rings. The average Bonchev–Trinajstić information content (AvgIpc) is 3.02. The van der Waals surface area contributed by atoms with Crippen LogP contribution in [-0.2, 0) is 4.79 Å². The second kappa shape index (κ2) is 8.46. The predicted molar refractivity (Wildman–Crippen MR) is 106 cm³/mol. The highest BCUT2D eigenvalue weighted by Crippen LogP contribution is 2.26. The van der Waals surface area contributed by atoms with E-state index in [-0.39, 0.29) is 29.4 Å². The molecule has 0 radical (unpaired) electrons. The largest absolute Gasteiger partial charge is 0.348 e. The normalized spacial score (nSPS) is 12.5. The fraction of sp³-hybridized carbons (Fsp3) is 0.278. The van der Waals surface area contributed by atoms with Gasteiger partial charge in [-0.2, -0.15) is 0 Å². The lowest BCUT2D eigenvalue weighted by Gasteiger charge is -2.22. The molecule has 0 fully saturated rings. The van der Waals surface area contributed by atoms with Crippen LogP contribution in [-0.4, -0.2) is 26.3 Å². The third-order valence-corrected chi connectivity index (χ3v) is 5.37. The molecule has 1 amide bonds. The molecule has 1 aromatic carbocycles. The first-order chi connectivity index (χ1) is 12.8. The maximum absolute atomic E-state index is 13.2. The number of rotatable bonds is 6. The number of carbonyl (C=O) groups excluding carboxylic acids is 1. The smallest absolute Gasteiger partial charge is 0.230 e. The highest BCUT2D eigenvalue weighted by molar-refractivity contribution is 7.99. The third kappa shape index (κ3) is 4.72. The number of fused-ring (bicyclic) bond motifs is 1. The molecule has 0 saturated heterocycles. The minimum Gasteiger partial charge on any atom is -0.348 e. The Kier molecular flexibility index (Phi) is 6.24. The number of hydrogen-bond donors (Lipinski definition) is 1. The van der Waals surface area contributed by atoms with E-state index in [1.54, 1.807) is 28.8 Å². The van der Waals surface area contributed by atoms with Crippen LogP contribution in [0.1, 0.15) is 25.5 Å². The molecule has 27 heavy (non-hydrogen) atoms. The summed E-state index contributed by atoms with van der Waals surface area (Å²) >= 11 is 13.4. The van der Waals surface area contributed by atoms with E-state index in [4.69, 9.17) is 23.2 Å². The van der Waals surface area contributed by atoms with Crippen molar-refractivity contribution in [1.29, 1.82) is 0 Å². The van der Waals surface area contributed by atoms with Crippen LogP contribution in [0.25, 0.3) is 5.65 Å². The van der Waals surface area contributed by atoms with Gasteiger partial charge in [-0.1, -0.05) is 60.9 Å². The Morgan fingerprint density at radius 1 is 1.26 bits per heavy atom. The van der Waals surface area contributed by atoms with Crippen molar-refractivity contribution in [2.24, 2.45) is 5.92 Å². The molecule has 0 aliphatic heterocycles. The summed E-state index contributed by atoms with van der Waals surface area (Å²) < 4.78 is 14.8. The van der Waals surface area contributed by atoms with E-state index in [1.165, 1.54) is 23.9 Å². The van der Waals surface area contributed by atoms with Crippen molar-refractivity contribution in [3.63, 3.8) is 0 Å². The summed E-state index contributed by atoms with van der Waals surface area (Å²) in [7, 11) is 0. The number of nitrogens with zero attached hydrogens (tertiary/aromatic N) is 3. The first kappa shape index (κ1) is 19.9. The van der Waals surface area contributed by atoms with Gasteiger partial charge >= 0.3 is 0 Å². The molecule has 1 N–H and O–H groups in total. The van der Waals surface area contributed by atoms with Gasteiger partial charge < -0.3 is 5.32 Å². The second-order valence-corrected chi connectivity index (χ2v) is 8.10. The molecule has 0 spiro atoms. The Morgan fingerprint density at radius 3 is 2.63 bits per heavy atom. The molecule has 0 saturated carbocycles. The highest BCUT2D eigenvalue weighted by atomic mass is 35.5. The highest BCUT2D eigenvalue weighted by Gasteiger charge is 2.19. The fourth-order valence-corrected chi connectivity index (χ4v) is 3.88. The van der Waals surface area contributed by atoms with Crippen LogP contribution in [0, 0.1) is 11.7 Å². The summed E-state index contributed by atoms with van der Waals surface area (Å²) in [4.78, 5) is 12.4. The van der Waals surface area contributed by atoms with Crippen LogP contribution in [0.15, 0.2) is 41.7 Å². The van der Waals surface area contributed by atoms with E-state index >= 15 is 0 Å². The molecule has 0 aliphatic carbocycles. The Morgan fingerprint density at radius 2 is 1.96 bits per heavy atom. The van der Waals surface area contributed by atoms with Crippen LogP contribution in [0.3, 0.4) is 0 Å². The number of nitrogens with one attached hydrogen (secondary N) is 1. The number of halogens is 3. The standard InChI is InChI=1S/C18H17Cl2FN4OS/c1-10(2)16(11-3-5-13(21)6-4-11)22-15(26)9-27-18-24-23-17-14(20)7-12(19)8-25(17)18/h3-8,10,16H,9H2,1-2H3,(H,22,26). The molecule has 2 heterocycles. The number of benzene rings is 1. The molecule has 1 unspecified atom stereocenters. The molecule has 1 atom stereocenters. The number of thioether (sulfide) groups is 1. The molecule has 142 valence electrons. The zero-order valence-electron chi connectivity index (χ0n) is 14.6. The molecule has 0 bridgehead atoms. The molecular weight excluding hydrogens is 410 g/mol. The van der Waals surface area contributed by atoms with Crippen molar-refractivity contribution < 1.29 is 9.18 Å². The van der Waals surface area contributed by atoms with Crippen LogP contribution < -0.4 is 5.32 Å². The van der Waals surface area contributed by atoms with Gasteiger partial charge in [0.1, 0.15) is 5.82 Å². The molecule has 9 heteroatoms. The van der Waals surface area contributed by atoms with Gasteiger partial charge in [0.15, 0.2) is 10.8 Å². The van der Waals surface area contributed by atoms with E-state index in [1.807, 2.05) is 13.8 Å². The monoisotopic (exact) mass is 426 g/mol. The zero-order valence-corrected chi connectivity index (χ0v) is 16.9. The Labute approximate surface area is 170 Å². The van der Waals surface area contributed by atoms with E-state index in [9.17, 15) is 9.18 Å². The van der Waals surface area contributed by atoms with Gasteiger partial charge in [-0.05, 0) is 29.7 Å². The van der Waals surface area contributed by atoms with E-state index in [2.05, 4.69) is 15.5 Å². The van der Waals surface area contributed by atoms with Crippen LogP contribution in [0.2, 0.25) is 10.0 Å². The number of carbonyl (C=O) groups is 1. The van der Waals surface area contributed by atoms with Crippen LogP contribution >= 0.6 is 35.0 Å².